The summed E-state index contributed by atoms with van der Waals surface area (Å²) in [4.78, 5) is 24.9. The molecule has 0 aliphatic carbocycles. The van der Waals surface area contributed by atoms with E-state index in [1.807, 2.05) is 25.1 Å². The quantitative estimate of drug-likeness (QED) is 0.707. The van der Waals surface area contributed by atoms with Gasteiger partial charge in [-0.15, -0.1) is 0 Å². The van der Waals surface area contributed by atoms with E-state index in [0.29, 0.717) is 18.1 Å². The Morgan fingerprint density at radius 2 is 1.78 bits per heavy atom. The van der Waals surface area contributed by atoms with Gasteiger partial charge >= 0.3 is 0 Å². The fraction of sp³-hybridized carbons (Fsp3) is 0.450. The first kappa shape index (κ1) is 20.6. The zero-order valence-corrected chi connectivity index (χ0v) is 16.9. The lowest BCUT2D eigenvalue weighted by molar-refractivity contribution is 0.0950. The van der Waals surface area contributed by atoms with E-state index in [-0.39, 0.29) is 5.91 Å². The van der Waals surface area contributed by atoms with Crippen LogP contribution in [0.3, 0.4) is 0 Å². The van der Waals surface area contributed by atoms with Gasteiger partial charge in [0, 0.05) is 49.9 Å². The first-order valence-electron chi connectivity index (χ1n) is 9.32. The van der Waals surface area contributed by atoms with E-state index in [2.05, 4.69) is 58.4 Å². The average molecular weight is 371 g/mol. The lowest BCUT2D eigenvalue weighted by Gasteiger charge is -2.22. The summed E-state index contributed by atoms with van der Waals surface area (Å²) in [5, 5.41) is 6.07. The number of carbonyl (C=O) groups excluding carboxylic acids is 1. The second-order valence-electron chi connectivity index (χ2n) is 6.65. The highest BCUT2D eigenvalue weighted by molar-refractivity contribution is 5.93. The van der Waals surface area contributed by atoms with Crippen LogP contribution in [-0.4, -0.2) is 61.0 Å². The third-order valence-electron chi connectivity index (χ3n) is 4.34. The number of anilines is 3. The molecule has 1 heterocycles. The average Bonchev–Trinajstić information content (AvgIpc) is 2.65. The highest BCUT2D eigenvalue weighted by atomic mass is 16.1. The largest absolute Gasteiger partial charge is 0.372 e. The third-order valence-corrected chi connectivity index (χ3v) is 4.34. The number of hydrogen-bond donors (Lipinski definition) is 2. The summed E-state index contributed by atoms with van der Waals surface area (Å²) in [6.45, 7) is 9.68. The molecule has 0 bridgehead atoms. The molecular formula is C20H30N6O. The molecule has 0 radical (unpaired) electrons. The van der Waals surface area contributed by atoms with E-state index in [1.54, 1.807) is 12.4 Å². The predicted octanol–water partition coefficient (Wildman–Crippen LogP) is 2.67. The van der Waals surface area contributed by atoms with Crippen molar-refractivity contribution >= 4 is 23.2 Å². The Kier molecular flexibility index (Phi) is 7.55. The van der Waals surface area contributed by atoms with Crippen LogP contribution in [0.4, 0.5) is 17.3 Å². The first-order chi connectivity index (χ1) is 12.9. The van der Waals surface area contributed by atoms with Crippen molar-refractivity contribution in [2.45, 2.75) is 20.8 Å². The maximum atomic E-state index is 12.1. The molecule has 7 nitrogen and oxygen atoms in total. The SMILES string of the molecule is CCN(CC)c1ccc(Nc2ncc(C(=O)NCCN(C)C)cn2)c(C)c1. The van der Waals surface area contributed by atoms with Crippen LogP contribution in [0.2, 0.25) is 0 Å². The predicted molar refractivity (Wildman–Crippen MR) is 111 cm³/mol. The van der Waals surface area contributed by atoms with Crippen LogP contribution in [0.5, 0.6) is 0 Å². The van der Waals surface area contributed by atoms with E-state index in [9.17, 15) is 4.79 Å². The minimum Gasteiger partial charge on any atom is -0.372 e. The molecular weight excluding hydrogens is 340 g/mol. The van der Waals surface area contributed by atoms with E-state index >= 15 is 0 Å². The Balaban J connectivity index is 2.01. The molecule has 0 aliphatic rings. The minimum absolute atomic E-state index is 0.164. The molecule has 0 saturated heterocycles. The van der Waals surface area contributed by atoms with Crippen molar-refractivity contribution in [1.82, 2.24) is 20.2 Å². The Hall–Kier alpha value is -2.67. The molecule has 7 heteroatoms. The number of aromatic nitrogens is 2. The molecule has 27 heavy (non-hydrogen) atoms. The van der Waals surface area contributed by atoms with E-state index < -0.39 is 0 Å². The zero-order chi connectivity index (χ0) is 19.8. The summed E-state index contributed by atoms with van der Waals surface area (Å²) in [5.41, 5.74) is 3.73. The molecule has 1 aromatic carbocycles. The van der Waals surface area contributed by atoms with Crippen LogP contribution in [0.1, 0.15) is 29.8 Å². The Labute approximate surface area is 161 Å². The molecule has 0 aliphatic heterocycles. The van der Waals surface area contributed by atoms with Crippen molar-refractivity contribution in [2.24, 2.45) is 0 Å². The van der Waals surface area contributed by atoms with E-state index in [4.69, 9.17) is 0 Å². The molecule has 1 amide bonds. The van der Waals surface area contributed by atoms with E-state index in [0.717, 1.165) is 30.9 Å². The molecule has 1 aromatic heterocycles. The maximum Gasteiger partial charge on any atom is 0.254 e. The molecule has 0 saturated carbocycles. The van der Waals surface area contributed by atoms with Crippen molar-refractivity contribution < 1.29 is 4.79 Å². The third kappa shape index (κ3) is 5.92. The minimum atomic E-state index is -0.164. The molecule has 0 unspecified atom stereocenters. The Morgan fingerprint density at radius 1 is 1.11 bits per heavy atom. The molecule has 0 fully saturated rings. The fourth-order valence-electron chi connectivity index (χ4n) is 2.70. The van der Waals surface area contributed by atoms with Crippen molar-refractivity contribution in [3.8, 4) is 0 Å². The number of aryl methyl sites for hydroxylation is 1. The standard InChI is InChI=1S/C20H30N6O/c1-6-26(7-2)17-8-9-18(15(3)12-17)24-20-22-13-16(14-23-20)19(27)21-10-11-25(4)5/h8-9,12-14H,6-7,10-11H2,1-5H3,(H,21,27)(H,22,23,24). The number of carbonyl (C=O) groups is 1. The topological polar surface area (TPSA) is 73.4 Å². The maximum absolute atomic E-state index is 12.1. The summed E-state index contributed by atoms with van der Waals surface area (Å²) in [5.74, 6) is 0.307. The normalized spacial score (nSPS) is 10.7. The van der Waals surface area contributed by atoms with Crippen molar-refractivity contribution in [3.05, 3.63) is 41.7 Å². The monoisotopic (exact) mass is 370 g/mol. The number of likely N-dealkylation sites (N-methyl/N-ethyl adjacent to an activating group) is 1. The van der Waals surface area contributed by atoms with Crippen LogP contribution < -0.4 is 15.5 Å². The van der Waals surface area contributed by atoms with E-state index in [1.165, 1.54) is 5.69 Å². The summed E-state index contributed by atoms with van der Waals surface area (Å²) in [6, 6.07) is 6.28. The van der Waals surface area contributed by atoms with Gasteiger partial charge in [-0.1, -0.05) is 0 Å². The van der Waals surface area contributed by atoms with Crippen LogP contribution in [-0.2, 0) is 0 Å². The smallest absolute Gasteiger partial charge is 0.254 e. The molecule has 2 N–H and O–H groups in total. The zero-order valence-electron chi connectivity index (χ0n) is 16.9. The highest BCUT2D eigenvalue weighted by Gasteiger charge is 2.09. The van der Waals surface area contributed by atoms with Gasteiger partial charge in [0.25, 0.3) is 5.91 Å². The van der Waals surface area contributed by atoms with Gasteiger partial charge in [-0.3, -0.25) is 4.79 Å². The molecule has 146 valence electrons. The van der Waals surface area contributed by atoms with Crippen LogP contribution in [0.25, 0.3) is 0 Å². The summed E-state index contributed by atoms with van der Waals surface area (Å²) < 4.78 is 0. The number of hydrogen-bond acceptors (Lipinski definition) is 6. The molecule has 0 atom stereocenters. The first-order valence-corrected chi connectivity index (χ1v) is 9.32. The Morgan fingerprint density at radius 3 is 2.33 bits per heavy atom. The van der Waals surface area contributed by atoms with Crippen molar-refractivity contribution in [1.29, 1.82) is 0 Å². The number of rotatable bonds is 9. The number of benzene rings is 1. The van der Waals surface area contributed by atoms with Gasteiger partial charge in [-0.05, 0) is 58.6 Å². The molecule has 2 aromatic rings. The van der Waals surface area contributed by atoms with Gasteiger partial charge in [-0.25, -0.2) is 9.97 Å². The van der Waals surface area contributed by atoms with Crippen molar-refractivity contribution in [3.63, 3.8) is 0 Å². The fourth-order valence-corrected chi connectivity index (χ4v) is 2.70. The van der Waals surface area contributed by atoms with Crippen LogP contribution in [0.15, 0.2) is 30.6 Å². The Bertz CT molecular complexity index is 741. The summed E-state index contributed by atoms with van der Waals surface area (Å²) >= 11 is 0. The summed E-state index contributed by atoms with van der Waals surface area (Å²) in [6.07, 6.45) is 3.08. The van der Waals surface area contributed by atoms with Crippen molar-refractivity contribution in [2.75, 3.05) is 50.5 Å². The van der Waals surface area contributed by atoms with Gasteiger partial charge in [0.05, 0.1) is 5.56 Å². The van der Waals surface area contributed by atoms with Gasteiger partial charge in [0.15, 0.2) is 0 Å². The number of amides is 1. The summed E-state index contributed by atoms with van der Waals surface area (Å²) in [7, 11) is 3.93. The highest BCUT2D eigenvalue weighted by Crippen LogP contribution is 2.24. The van der Waals surface area contributed by atoms with Gasteiger partial charge in [0.2, 0.25) is 5.95 Å². The molecule has 2 rings (SSSR count). The van der Waals surface area contributed by atoms with Crippen LogP contribution in [0, 0.1) is 6.92 Å². The van der Waals surface area contributed by atoms with Gasteiger partial charge < -0.3 is 20.4 Å². The second kappa shape index (κ2) is 9.87. The lowest BCUT2D eigenvalue weighted by Crippen LogP contribution is -2.31. The van der Waals surface area contributed by atoms with Gasteiger partial charge in [-0.2, -0.15) is 0 Å². The second-order valence-corrected chi connectivity index (χ2v) is 6.65. The van der Waals surface area contributed by atoms with Crippen LogP contribution >= 0.6 is 0 Å². The number of nitrogens with zero attached hydrogens (tertiary/aromatic N) is 4. The number of nitrogens with one attached hydrogen (secondary N) is 2. The lowest BCUT2D eigenvalue weighted by atomic mass is 10.1. The van der Waals surface area contributed by atoms with Gasteiger partial charge in [0.1, 0.15) is 0 Å². The molecule has 0 spiro atoms.